The predicted octanol–water partition coefficient (Wildman–Crippen LogP) is 3.31. The summed E-state index contributed by atoms with van der Waals surface area (Å²) in [5, 5.41) is 2.96. The first-order chi connectivity index (χ1) is 11.3. The largest absolute Gasteiger partial charge is 0.325 e. The molecule has 0 aliphatic rings. The molecule has 0 spiro atoms. The van der Waals surface area contributed by atoms with E-state index in [4.69, 9.17) is 11.6 Å². The van der Waals surface area contributed by atoms with Crippen molar-refractivity contribution in [2.24, 2.45) is 0 Å². The number of para-hydroxylation sites is 1. The molecule has 2 aromatic carbocycles. The quantitative estimate of drug-likeness (QED) is 0.852. The van der Waals surface area contributed by atoms with Gasteiger partial charge in [-0.15, -0.1) is 0 Å². The summed E-state index contributed by atoms with van der Waals surface area (Å²) in [6, 6.07) is 13.9. The average Bonchev–Trinajstić information content (AvgIpc) is 2.53. The normalized spacial score (nSPS) is 11.1. The molecule has 2 aromatic rings. The van der Waals surface area contributed by atoms with Crippen molar-refractivity contribution in [3.05, 3.63) is 59.1 Å². The highest BCUT2D eigenvalue weighted by Gasteiger charge is 2.22. The first-order valence-corrected chi connectivity index (χ1v) is 9.65. The Morgan fingerprint density at radius 3 is 2.29 bits per heavy atom. The predicted molar refractivity (Wildman–Crippen MR) is 98.1 cm³/mol. The molecule has 0 fully saturated rings. The lowest BCUT2D eigenvalue weighted by atomic mass is 10.1. The Morgan fingerprint density at radius 2 is 1.75 bits per heavy atom. The molecule has 0 heterocycles. The van der Waals surface area contributed by atoms with Crippen LogP contribution in [0, 0.1) is 0 Å². The number of amides is 1. The Hall–Kier alpha value is -2.05. The number of nitrogens with zero attached hydrogens (tertiary/aromatic N) is 1. The van der Waals surface area contributed by atoms with Crippen LogP contribution in [0.1, 0.15) is 12.5 Å². The average molecular weight is 367 g/mol. The molecule has 24 heavy (non-hydrogen) atoms. The maximum absolute atomic E-state index is 12.2. The van der Waals surface area contributed by atoms with Crippen molar-refractivity contribution < 1.29 is 13.2 Å². The van der Waals surface area contributed by atoms with Crippen molar-refractivity contribution in [2.75, 3.05) is 22.4 Å². The van der Waals surface area contributed by atoms with Crippen LogP contribution in [-0.4, -0.2) is 27.1 Å². The second-order valence-corrected chi connectivity index (χ2v) is 7.63. The summed E-state index contributed by atoms with van der Waals surface area (Å²) < 4.78 is 25.1. The molecule has 0 saturated heterocycles. The zero-order valence-electron chi connectivity index (χ0n) is 13.5. The molecule has 7 heteroatoms. The van der Waals surface area contributed by atoms with Crippen LogP contribution in [0.25, 0.3) is 0 Å². The summed E-state index contributed by atoms with van der Waals surface area (Å²) in [6.07, 6.45) is 1.95. The summed E-state index contributed by atoms with van der Waals surface area (Å²) in [6.45, 7) is 1.69. The van der Waals surface area contributed by atoms with Gasteiger partial charge in [0, 0.05) is 5.69 Å². The summed E-state index contributed by atoms with van der Waals surface area (Å²) >= 11 is 6.06. The van der Waals surface area contributed by atoms with Gasteiger partial charge in [0.25, 0.3) is 0 Å². The van der Waals surface area contributed by atoms with E-state index in [1.54, 1.807) is 36.4 Å². The molecule has 2 rings (SSSR count). The fourth-order valence-electron chi connectivity index (χ4n) is 2.19. The number of benzene rings is 2. The van der Waals surface area contributed by atoms with Gasteiger partial charge < -0.3 is 5.32 Å². The minimum absolute atomic E-state index is 0.267. The molecule has 0 bridgehead atoms. The van der Waals surface area contributed by atoms with Crippen molar-refractivity contribution in [3.8, 4) is 0 Å². The summed E-state index contributed by atoms with van der Waals surface area (Å²) in [5.74, 6) is -0.440. The Balaban J connectivity index is 2.17. The fraction of sp³-hybridized carbons (Fsp3) is 0.235. The Labute approximate surface area is 147 Å². The van der Waals surface area contributed by atoms with Crippen LogP contribution >= 0.6 is 11.6 Å². The Morgan fingerprint density at radius 1 is 1.12 bits per heavy atom. The van der Waals surface area contributed by atoms with E-state index in [0.717, 1.165) is 22.5 Å². The third-order valence-electron chi connectivity index (χ3n) is 3.45. The number of rotatable bonds is 6. The van der Waals surface area contributed by atoms with Crippen LogP contribution in [0.15, 0.2) is 48.5 Å². The van der Waals surface area contributed by atoms with E-state index in [0.29, 0.717) is 5.69 Å². The van der Waals surface area contributed by atoms with E-state index in [1.165, 1.54) is 0 Å². The Bertz CT molecular complexity index is 820. The van der Waals surface area contributed by atoms with Gasteiger partial charge in [-0.05, 0) is 36.2 Å². The maximum Gasteiger partial charge on any atom is 0.245 e. The first-order valence-electron chi connectivity index (χ1n) is 7.42. The second kappa shape index (κ2) is 7.68. The number of anilines is 2. The van der Waals surface area contributed by atoms with Gasteiger partial charge in [-0.1, -0.05) is 42.8 Å². The van der Waals surface area contributed by atoms with Crippen molar-refractivity contribution in [3.63, 3.8) is 0 Å². The van der Waals surface area contributed by atoms with Crippen LogP contribution in [0.4, 0.5) is 11.4 Å². The Kier molecular flexibility index (Phi) is 5.85. The molecular formula is C17H19ClN2O3S. The van der Waals surface area contributed by atoms with Crippen molar-refractivity contribution in [1.82, 2.24) is 0 Å². The molecular weight excluding hydrogens is 348 g/mol. The zero-order chi connectivity index (χ0) is 17.7. The van der Waals surface area contributed by atoms with Gasteiger partial charge in [-0.3, -0.25) is 9.10 Å². The molecule has 1 amide bonds. The number of hydrogen-bond donors (Lipinski definition) is 1. The topological polar surface area (TPSA) is 66.5 Å². The van der Waals surface area contributed by atoms with E-state index < -0.39 is 15.9 Å². The number of nitrogens with one attached hydrogen (secondary N) is 1. The molecule has 0 saturated carbocycles. The molecule has 0 radical (unpaired) electrons. The van der Waals surface area contributed by atoms with Crippen molar-refractivity contribution in [2.45, 2.75) is 13.3 Å². The smallest absolute Gasteiger partial charge is 0.245 e. The van der Waals surface area contributed by atoms with Gasteiger partial charge in [0.05, 0.1) is 17.0 Å². The van der Waals surface area contributed by atoms with Crippen molar-refractivity contribution >= 4 is 38.9 Å². The fourth-order valence-corrected chi connectivity index (χ4v) is 3.35. The van der Waals surface area contributed by atoms with Crippen LogP contribution < -0.4 is 9.62 Å². The van der Waals surface area contributed by atoms with Crippen LogP contribution in [0.2, 0.25) is 5.02 Å². The van der Waals surface area contributed by atoms with Crippen LogP contribution in [0.3, 0.4) is 0 Å². The monoisotopic (exact) mass is 366 g/mol. The number of carbonyl (C=O) groups is 1. The van der Waals surface area contributed by atoms with Gasteiger partial charge in [0.15, 0.2) is 0 Å². The minimum atomic E-state index is -3.65. The zero-order valence-corrected chi connectivity index (χ0v) is 15.1. The molecule has 0 aromatic heterocycles. The van der Waals surface area contributed by atoms with Crippen LogP contribution in [-0.2, 0) is 21.2 Å². The van der Waals surface area contributed by atoms with E-state index in [1.807, 2.05) is 19.1 Å². The molecule has 128 valence electrons. The van der Waals surface area contributed by atoms with Crippen molar-refractivity contribution in [1.29, 1.82) is 0 Å². The highest BCUT2D eigenvalue weighted by Crippen LogP contribution is 2.27. The van der Waals surface area contributed by atoms with Crippen LogP contribution in [0.5, 0.6) is 0 Å². The number of aryl methyl sites for hydroxylation is 1. The molecule has 5 nitrogen and oxygen atoms in total. The standard InChI is InChI=1S/C17H19ClN2O3S/c1-3-13-8-10-14(11-9-13)19-17(21)12-20(24(2,22)23)16-7-5-4-6-15(16)18/h4-11H,3,12H2,1-2H3,(H,19,21). The van der Waals surface area contributed by atoms with Gasteiger partial charge in [0.2, 0.25) is 15.9 Å². The highest BCUT2D eigenvalue weighted by atomic mass is 35.5. The molecule has 1 N–H and O–H groups in total. The first kappa shape index (κ1) is 18.3. The van der Waals surface area contributed by atoms with E-state index >= 15 is 0 Å². The van der Waals surface area contributed by atoms with Gasteiger partial charge in [-0.2, -0.15) is 0 Å². The van der Waals surface area contributed by atoms with E-state index in [9.17, 15) is 13.2 Å². The minimum Gasteiger partial charge on any atom is -0.325 e. The maximum atomic E-state index is 12.2. The number of halogens is 1. The summed E-state index contributed by atoms with van der Waals surface area (Å²) in [7, 11) is -3.65. The lowest BCUT2D eigenvalue weighted by molar-refractivity contribution is -0.114. The molecule has 0 aliphatic carbocycles. The number of hydrogen-bond acceptors (Lipinski definition) is 3. The van der Waals surface area contributed by atoms with Gasteiger partial charge in [-0.25, -0.2) is 8.42 Å². The lowest BCUT2D eigenvalue weighted by Gasteiger charge is -2.22. The molecule has 0 aliphatic heterocycles. The third kappa shape index (κ3) is 4.72. The molecule has 0 atom stereocenters. The number of carbonyl (C=O) groups excluding carboxylic acids is 1. The van der Waals surface area contributed by atoms with Gasteiger partial charge in [0.1, 0.15) is 6.54 Å². The van der Waals surface area contributed by atoms with Gasteiger partial charge >= 0.3 is 0 Å². The number of sulfonamides is 1. The SMILES string of the molecule is CCc1ccc(NC(=O)CN(c2ccccc2Cl)S(C)(=O)=O)cc1. The highest BCUT2D eigenvalue weighted by molar-refractivity contribution is 7.92. The molecule has 0 unspecified atom stereocenters. The second-order valence-electron chi connectivity index (χ2n) is 5.32. The third-order valence-corrected chi connectivity index (χ3v) is 4.90. The lowest BCUT2D eigenvalue weighted by Crippen LogP contribution is -2.37. The van der Waals surface area contributed by atoms with E-state index in [-0.39, 0.29) is 17.3 Å². The summed E-state index contributed by atoms with van der Waals surface area (Å²) in [4.78, 5) is 12.2. The van der Waals surface area contributed by atoms with E-state index in [2.05, 4.69) is 5.32 Å². The summed E-state index contributed by atoms with van der Waals surface area (Å²) in [5.41, 5.74) is 2.05.